The van der Waals surface area contributed by atoms with Crippen molar-refractivity contribution in [2.45, 2.75) is 13.8 Å². The molecule has 0 aliphatic rings. The van der Waals surface area contributed by atoms with Gasteiger partial charge < -0.3 is 15.5 Å². The topological polar surface area (TPSA) is 74.3 Å². The van der Waals surface area contributed by atoms with E-state index in [-0.39, 0.29) is 5.91 Å². The second-order valence-electron chi connectivity index (χ2n) is 7.36. The van der Waals surface area contributed by atoms with Crippen LogP contribution in [0.15, 0.2) is 60.8 Å². The van der Waals surface area contributed by atoms with E-state index >= 15 is 0 Å². The van der Waals surface area contributed by atoms with Crippen LogP contribution in [0.5, 0.6) is 0 Å². The summed E-state index contributed by atoms with van der Waals surface area (Å²) in [5.41, 5.74) is 1.67. The molecule has 2 N–H and O–H groups in total. The lowest BCUT2D eigenvalue weighted by Crippen LogP contribution is -2.41. The Morgan fingerprint density at radius 3 is 2.21 bits per heavy atom. The first-order chi connectivity index (χ1) is 13.3. The number of fused-ring (bicyclic) bond motifs is 1. The average molecular weight is 376 g/mol. The zero-order valence-corrected chi connectivity index (χ0v) is 16.5. The molecular formula is C22H24N4O2. The first kappa shape index (κ1) is 19.4. The number of anilines is 3. The zero-order chi connectivity index (χ0) is 20.3. The summed E-state index contributed by atoms with van der Waals surface area (Å²) in [7, 11) is 3.90. The van der Waals surface area contributed by atoms with E-state index in [9.17, 15) is 9.59 Å². The van der Waals surface area contributed by atoms with Crippen molar-refractivity contribution >= 4 is 39.8 Å². The number of nitrogens with one attached hydrogen (secondary N) is 2. The smallest absolute Gasteiger partial charge is 0.239 e. The lowest BCUT2D eigenvalue weighted by atomic mass is 9.90. The summed E-state index contributed by atoms with van der Waals surface area (Å²) >= 11 is 0. The van der Waals surface area contributed by atoms with Crippen molar-refractivity contribution in [3.05, 3.63) is 60.8 Å². The molecule has 0 spiro atoms. The van der Waals surface area contributed by atoms with Crippen LogP contribution >= 0.6 is 0 Å². The number of carbonyl (C=O) groups excluding carboxylic acids is 2. The van der Waals surface area contributed by atoms with E-state index in [0.717, 1.165) is 11.1 Å². The number of benzene rings is 2. The van der Waals surface area contributed by atoms with E-state index in [4.69, 9.17) is 0 Å². The maximum Gasteiger partial charge on any atom is 0.239 e. The first-order valence-electron chi connectivity index (χ1n) is 9.03. The van der Waals surface area contributed by atoms with Crippen LogP contribution in [0.2, 0.25) is 0 Å². The van der Waals surface area contributed by atoms with Gasteiger partial charge in [0.1, 0.15) is 5.41 Å². The number of aromatic nitrogens is 1. The zero-order valence-electron chi connectivity index (χ0n) is 16.5. The third-order valence-corrected chi connectivity index (χ3v) is 4.66. The van der Waals surface area contributed by atoms with Gasteiger partial charge in [0.15, 0.2) is 0 Å². The number of carbonyl (C=O) groups is 2. The van der Waals surface area contributed by atoms with Crippen molar-refractivity contribution in [2.24, 2.45) is 5.41 Å². The molecule has 0 bridgehead atoms. The number of rotatable bonds is 5. The van der Waals surface area contributed by atoms with E-state index in [2.05, 4.69) is 15.6 Å². The highest BCUT2D eigenvalue weighted by molar-refractivity contribution is 6.15. The molecule has 28 heavy (non-hydrogen) atoms. The molecule has 3 rings (SSSR count). The molecule has 0 aliphatic heterocycles. The molecular weight excluding hydrogens is 352 g/mol. The highest BCUT2D eigenvalue weighted by Gasteiger charge is 2.36. The van der Waals surface area contributed by atoms with Crippen molar-refractivity contribution in [1.82, 2.24) is 4.98 Å². The minimum atomic E-state index is -1.27. The van der Waals surface area contributed by atoms with Crippen molar-refractivity contribution in [3.8, 4) is 0 Å². The van der Waals surface area contributed by atoms with E-state index in [1.165, 1.54) is 0 Å². The number of hydrogen-bond donors (Lipinski definition) is 2. The van der Waals surface area contributed by atoms with Gasteiger partial charge in [0.2, 0.25) is 11.8 Å². The van der Waals surface area contributed by atoms with Crippen LogP contribution in [0.4, 0.5) is 17.1 Å². The summed E-state index contributed by atoms with van der Waals surface area (Å²) in [6.45, 7) is 3.20. The van der Waals surface area contributed by atoms with Gasteiger partial charge in [-0.2, -0.15) is 0 Å². The van der Waals surface area contributed by atoms with Crippen molar-refractivity contribution in [2.75, 3.05) is 29.6 Å². The van der Waals surface area contributed by atoms with Crippen LogP contribution in [0.25, 0.3) is 10.9 Å². The van der Waals surface area contributed by atoms with Crippen LogP contribution in [-0.4, -0.2) is 30.9 Å². The molecule has 2 aromatic carbocycles. The van der Waals surface area contributed by atoms with Crippen molar-refractivity contribution in [3.63, 3.8) is 0 Å². The van der Waals surface area contributed by atoms with Gasteiger partial charge in [0.05, 0.1) is 11.2 Å². The largest absolute Gasteiger partial charge is 0.378 e. The maximum absolute atomic E-state index is 12.8. The number of pyridine rings is 1. The second-order valence-corrected chi connectivity index (χ2v) is 7.36. The van der Waals surface area contributed by atoms with Gasteiger partial charge in [-0.05, 0) is 50.2 Å². The molecule has 0 radical (unpaired) electrons. The van der Waals surface area contributed by atoms with Gasteiger partial charge >= 0.3 is 0 Å². The van der Waals surface area contributed by atoms with Gasteiger partial charge in [-0.1, -0.05) is 18.2 Å². The lowest BCUT2D eigenvalue weighted by Gasteiger charge is -2.23. The molecule has 0 saturated heterocycles. The summed E-state index contributed by atoms with van der Waals surface area (Å²) in [6.07, 6.45) is 1.67. The fourth-order valence-electron chi connectivity index (χ4n) is 2.72. The van der Waals surface area contributed by atoms with Crippen LogP contribution < -0.4 is 15.5 Å². The van der Waals surface area contributed by atoms with Crippen molar-refractivity contribution in [1.29, 1.82) is 0 Å². The molecule has 6 nitrogen and oxygen atoms in total. The van der Waals surface area contributed by atoms with E-state index in [0.29, 0.717) is 16.9 Å². The summed E-state index contributed by atoms with van der Waals surface area (Å²) in [5, 5.41) is 6.59. The van der Waals surface area contributed by atoms with Crippen LogP contribution in [-0.2, 0) is 9.59 Å². The average Bonchev–Trinajstić information content (AvgIpc) is 2.68. The van der Waals surface area contributed by atoms with Crippen LogP contribution in [0.3, 0.4) is 0 Å². The third kappa shape index (κ3) is 3.96. The molecule has 0 unspecified atom stereocenters. The highest BCUT2D eigenvalue weighted by Crippen LogP contribution is 2.26. The predicted octanol–water partition coefficient (Wildman–Crippen LogP) is 3.90. The molecule has 0 saturated carbocycles. The first-order valence-corrected chi connectivity index (χ1v) is 9.03. The Morgan fingerprint density at radius 1 is 0.893 bits per heavy atom. The number of amides is 2. The number of para-hydroxylation sites is 1. The molecule has 0 atom stereocenters. The molecule has 144 valence electrons. The molecule has 0 fully saturated rings. The molecule has 1 heterocycles. The summed E-state index contributed by atoms with van der Waals surface area (Å²) < 4.78 is 0. The molecule has 2 amide bonds. The standard InChI is InChI=1S/C22H24N4O2/c1-22(2,20(27)24-16-10-12-17(13-11-16)26(3)4)21(28)25-18-9-5-7-15-8-6-14-23-19(15)18/h5-14H,1-4H3,(H,24,27)(H,25,28). The van der Waals surface area contributed by atoms with E-state index in [1.54, 1.807) is 26.1 Å². The Morgan fingerprint density at radius 2 is 1.54 bits per heavy atom. The SMILES string of the molecule is CN(C)c1ccc(NC(=O)C(C)(C)C(=O)Nc2cccc3cccnc23)cc1. The Bertz CT molecular complexity index is 1010. The second kappa shape index (κ2) is 7.68. The Hall–Kier alpha value is -3.41. The minimum absolute atomic E-state index is 0.379. The summed E-state index contributed by atoms with van der Waals surface area (Å²) in [5.74, 6) is -0.774. The number of hydrogen-bond acceptors (Lipinski definition) is 4. The predicted molar refractivity (Wildman–Crippen MR) is 114 cm³/mol. The summed E-state index contributed by atoms with van der Waals surface area (Å²) in [4.78, 5) is 31.9. The Kier molecular flexibility index (Phi) is 5.31. The summed E-state index contributed by atoms with van der Waals surface area (Å²) in [6, 6.07) is 16.8. The monoisotopic (exact) mass is 376 g/mol. The van der Waals surface area contributed by atoms with Crippen LogP contribution in [0, 0.1) is 5.41 Å². The third-order valence-electron chi connectivity index (χ3n) is 4.66. The van der Waals surface area contributed by atoms with Gasteiger partial charge in [-0.25, -0.2) is 0 Å². The lowest BCUT2D eigenvalue weighted by molar-refractivity contribution is -0.135. The minimum Gasteiger partial charge on any atom is -0.378 e. The van der Waals surface area contributed by atoms with Gasteiger partial charge in [0.25, 0.3) is 0 Å². The van der Waals surface area contributed by atoms with Crippen molar-refractivity contribution < 1.29 is 9.59 Å². The Labute approximate surface area is 164 Å². The highest BCUT2D eigenvalue weighted by atomic mass is 16.2. The molecule has 1 aromatic heterocycles. The number of nitrogens with zero attached hydrogens (tertiary/aromatic N) is 2. The van der Waals surface area contributed by atoms with Gasteiger partial charge in [-0.15, -0.1) is 0 Å². The van der Waals surface area contributed by atoms with Crippen LogP contribution in [0.1, 0.15) is 13.8 Å². The van der Waals surface area contributed by atoms with Gasteiger partial charge in [-0.3, -0.25) is 14.6 Å². The Balaban J connectivity index is 1.75. The quantitative estimate of drug-likeness (QED) is 0.662. The molecule has 3 aromatic rings. The molecule has 6 heteroatoms. The van der Waals surface area contributed by atoms with E-state index in [1.807, 2.05) is 67.5 Å². The maximum atomic E-state index is 12.8. The normalized spacial score (nSPS) is 11.1. The fourth-order valence-corrected chi connectivity index (χ4v) is 2.72. The van der Waals surface area contributed by atoms with E-state index < -0.39 is 11.3 Å². The fraction of sp³-hybridized carbons (Fsp3) is 0.227. The molecule has 0 aliphatic carbocycles. The van der Waals surface area contributed by atoms with Gasteiger partial charge in [0, 0.05) is 37.1 Å².